The average molecular weight is 215 g/mol. The predicted octanol–water partition coefficient (Wildman–Crippen LogP) is 2.41. The van der Waals surface area contributed by atoms with E-state index < -0.39 is 0 Å². The molecule has 0 bridgehead atoms. The minimum absolute atomic E-state index is 0.327. The molecule has 0 aliphatic heterocycles. The number of halogens is 1. The van der Waals surface area contributed by atoms with E-state index in [4.69, 9.17) is 29.6 Å². The van der Waals surface area contributed by atoms with Gasteiger partial charge in [0.15, 0.2) is 0 Å². The Labute approximate surface area is 88.1 Å². The van der Waals surface area contributed by atoms with Crippen LogP contribution in [0.3, 0.4) is 0 Å². The normalized spacial score (nSPS) is 9.69. The van der Waals surface area contributed by atoms with Crippen LogP contribution in [0, 0.1) is 0 Å². The van der Waals surface area contributed by atoms with Crippen molar-refractivity contribution in [2.24, 2.45) is 5.73 Å². The van der Waals surface area contributed by atoms with Gasteiger partial charge in [-0.25, -0.2) is 0 Å². The number of hydrogen-bond donors (Lipinski definition) is 2. The standard InChI is InChI=1S/C9H11ClN2S/c1-2-12-6-3-4-7(9(11)13)8(10)5-6/h3-5,12H,2H2,1H3,(H2,11,13). The highest BCUT2D eigenvalue weighted by molar-refractivity contribution is 7.80. The lowest BCUT2D eigenvalue weighted by atomic mass is 10.2. The van der Waals surface area contributed by atoms with E-state index in [1.165, 1.54) is 0 Å². The van der Waals surface area contributed by atoms with E-state index in [0.29, 0.717) is 10.0 Å². The first-order valence-corrected chi connectivity index (χ1v) is 4.77. The lowest BCUT2D eigenvalue weighted by Crippen LogP contribution is -2.10. The van der Waals surface area contributed by atoms with Crippen LogP contribution in [-0.2, 0) is 0 Å². The summed E-state index contributed by atoms with van der Waals surface area (Å²) in [5.74, 6) is 0. The molecule has 1 rings (SSSR count). The molecule has 0 saturated carbocycles. The summed E-state index contributed by atoms with van der Waals surface area (Å²) in [5.41, 5.74) is 7.17. The number of thiocarbonyl (C=S) groups is 1. The largest absolute Gasteiger partial charge is 0.389 e. The molecule has 0 spiro atoms. The molecule has 3 N–H and O–H groups in total. The number of hydrogen-bond acceptors (Lipinski definition) is 2. The van der Waals surface area contributed by atoms with E-state index in [-0.39, 0.29) is 0 Å². The highest BCUT2D eigenvalue weighted by Gasteiger charge is 2.03. The zero-order chi connectivity index (χ0) is 9.84. The topological polar surface area (TPSA) is 38.0 Å². The summed E-state index contributed by atoms with van der Waals surface area (Å²) in [7, 11) is 0. The molecule has 0 aliphatic rings. The molecule has 0 fully saturated rings. The lowest BCUT2D eigenvalue weighted by Gasteiger charge is -2.06. The van der Waals surface area contributed by atoms with Gasteiger partial charge in [-0.2, -0.15) is 0 Å². The number of nitrogens with two attached hydrogens (primary N) is 1. The molecule has 4 heteroatoms. The number of benzene rings is 1. The van der Waals surface area contributed by atoms with Gasteiger partial charge in [-0.15, -0.1) is 0 Å². The van der Waals surface area contributed by atoms with Crippen LogP contribution in [0.2, 0.25) is 5.02 Å². The molecule has 0 aromatic heterocycles. The van der Waals surface area contributed by atoms with Crippen LogP contribution in [0.25, 0.3) is 0 Å². The Balaban J connectivity index is 2.98. The maximum absolute atomic E-state index is 5.95. The molecule has 0 amide bonds. The fourth-order valence-electron chi connectivity index (χ4n) is 1.03. The molecule has 0 atom stereocenters. The molecule has 0 unspecified atom stereocenters. The first-order valence-electron chi connectivity index (χ1n) is 3.98. The summed E-state index contributed by atoms with van der Waals surface area (Å²) in [5, 5.41) is 3.73. The maximum atomic E-state index is 5.95. The van der Waals surface area contributed by atoms with Crippen LogP contribution >= 0.6 is 23.8 Å². The van der Waals surface area contributed by atoms with Gasteiger partial charge in [0.25, 0.3) is 0 Å². The first kappa shape index (κ1) is 10.3. The summed E-state index contributed by atoms with van der Waals surface area (Å²) in [6.07, 6.45) is 0. The molecule has 0 aliphatic carbocycles. The summed E-state index contributed by atoms with van der Waals surface area (Å²) < 4.78 is 0. The number of rotatable bonds is 3. The molecule has 70 valence electrons. The quantitative estimate of drug-likeness (QED) is 0.759. The van der Waals surface area contributed by atoms with Crippen LogP contribution in [0.1, 0.15) is 12.5 Å². The minimum Gasteiger partial charge on any atom is -0.389 e. The van der Waals surface area contributed by atoms with Crippen molar-refractivity contribution < 1.29 is 0 Å². The lowest BCUT2D eigenvalue weighted by molar-refractivity contribution is 1.21. The highest BCUT2D eigenvalue weighted by Crippen LogP contribution is 2.20. The Kier molecular flexibility index (Phi) is 3.51. The van der Waals surface area contributed by atoms with Crippen LogP contribution in [0.15, 0.2) is 18.2 Å². The van der Waals surface area contributed by atoms with Crippen molar-refractivity contribution >= 4 is 34.5 Å². The third-order valence-electron chi connectivity index (χ3n) is 1.62. The van der Waals surface area contributed by atoms with Gasteiger partial charge in [-0.05, 0) is 25.1 Å². The smallest absolute Gasteiger partial charge is 0.105 e. The maximum Gasteiger partial charge on any atom is 0.105 e. The summed E-state index contributed by atoms with van der Waals surface area (Å²) in [6, 6.07) is 5.55. The molecular weight excluding hydrogens is 204 g/mol. The van der Waals surface area contributed by atoms with Crippen molar-refractivity contribution in [1.82, 2.24) is 0 Å². The van der Waals surface area contributed by atoms with Crippen molar-refractivity contribution in [3.63, 3.8) is 0 Å². The molecule has 0 heterocycles. The molecule has 1 aromatic carbocycles. The van der Waals surface area contributed by atoms with E-state index in [1.807, 2.05) is 25.1 Å². The Bertz CT molecular complexity index is 325. The van der Waals surface area contributed by atoms with Crippen molar-refractivity contribution in [1.29, 1.82) is 0 Å². The predicted molar refractivity (Wildman–Crippen MR) is 61.5 cm³/mol. The third kappa shape index (κ3) is 2.57. The Morgan fingerprint density at radius 2 is 2.31 bits per heavy atom. The van der Waals surface area contributed by atoms with Gasteiger partial charge >= 0.3 is 0 Å². The second-order valence-electron chi connectivity index (χ2n) is 2.59. The Morgan fingerprint density at radius 1 is 1.62 bits per heavy atom. The van der Waals surface area contributed by atoms with E-state index in [2.05, 4.69) is 5.32 Å². The average Bonchev–Trinajstić information content (AvgIpc) is 2.04. The van der Waals surface area contributed by atoms with Gasteiger partial charge in [0.05, 0.1) is 5.02 Å². The molecule has 2 nitrogen and oxygen atoms in total. The monoisotopic (exact) mass is 214 g/mol. The van der Waals surface area contributed by atoms with Crippen molar-refractivity contribution in [3.8, 4) is 0 Å². The van der Waals surface area contributed by atoms with Crippen LogP contribution in [0.4, 0.5) is 5.69 Å². The van der Waals surface area contributed by atoms with Crippen molar-refractivity contribution in [2.75, 3.05) is 11.9 Å². The third-order valence-corrected chi connectivity index (χ3v) is 2.15. The fraction of sp³-hybridized carbons (Fsp3) is 0.222. The van der Waals surface area contributed by atoms with Gasteiger partial charge < -0.3 is 11.1 Å². The van der Waals surface area contributed by atoms with Gasteiger partial charge in [0.1, 0.15) is 4.99 Å². The van der Waals surface area contributed by atoms with E-state index in [1.54, 1.807) is 0 Å². The number of nitrogens with one attached hydrogen (secondary N) is 1. The van der Waals surface area contributed by atoms with Crippen molar-refractivity contribution in [3.05, 3.63) is 28.8 Å². The van der Waals surface area contributed by atoms with E-state index in [0.717, 1.165) is 17.8 Å². The van der Waals surface area contributed by atoms with Gasteiger partial charge in [-0.1, -0.05) is 23.8 Å². The van der Waals surface area contributed by atoms with Crippen LogP contribution < -0.4 is 11.1 Å². The summed E-state index contributed by atoms with van der Waals surface area (Å²) in [6.45, 7) is 2.89. The summed E-state index contributed by atoms with van der Waals surface area (Å²) in [4.78, 5) is 0.327. The second kappa shape index (κ2) is 4.44. The molecule has 0 radical (unpaired) electrons. The Morgan fingerprint density at radius 3 is 2.77 bits per heavy atom. The van der Waals surface area contributed by atoms with Gasteiger partial charge in [0, 0.05) is 17.8 Å². The Hall–Kier alpha value is -0.800. The second-order valence-corrected chi connectivity index (χ2v) is 3.44. The summed E-state index contributed by atoms with van der Waals surface area (Å²) >= 11 is 10.8. The highest BCUT2D eigenvalue weighted by atomic mass is 35.5. The molecule has 1 aromatic rings. The van der Waals surface area contributed by atoms with Gasteiger partial charge in [0.2, 0.25) is 0 Å². The molecule has 13 heavy (non-hydrogen) atoms. The zero-order valence-electron chi connectivity index (χ0n) is 7.30. The SMILES string of the molecule is CCNc1ccc(C(N)=S)c(Cl)c1. The number of anilines is 1. The molecule has 0 saturated heterocycles. The first-order chi connectivity index (χ1) is 6.15. The van der Waals surface area contributed by atoms with E-state index >= 15 is 0 Å². The minimum atomic E-state index is 0.327. The van der Waals surface area contributed by atoms with Gasteiger partial charge in [-0.3, -0.25) is 0 Å². The fourth-order valence-corrected chi connectivity index (χ4v) is 1.55. The van der Waals surface area contributed by atoms with E-state index in [9.17, 15) is 0 Å². The molecular formula is C9H11ClN2S. The van der Waals surface area contributed by atoms with Crippen LogP contribution in [-0.4, -0.2) is 11.5 Å². The van der Waals surface area contributed by atoms with Crippen LogP contribution in [0.5, 0.6) is 0 Å². The zero-order valence-corrected chi connectivity index (χ0v) is 8.88. The van der Waals surface area contributed by atoms with Crippen molar-refractivity contribution in [2.45, 2.75) is 6.92 Å².